The van der Waals surface area contributed by atoms with Crippen LogP contribution in [0.5, 0.6) is 0 Å². The van der Waals surface area contributed by atoms with Crippen LogP contribution >= 0.6 is 13.6 Å². The average Bonchev–Trinajstić information content (AvgIpc) is 1.96. The van der Waals surface area contributed by atoms with Crippen LogP contribution in [-0.2, 0) is 16.3 Å². The molecule has 42 valence electrons. The summed E-state index contributed by atoms with van der Waals surface area (Å²) in [6.45, 7) is 0. The molecule has 0 amide bonds. The predicted octanol–water partition coefficient (Wildman–Crippen LogP) is 2.76. The van der Waals surface area contributed by atoms with Gasteiger partial charge in [0.25, 0.3) is 0 Å². The van der Waals surface area contributed by atoms with Gasteiger partial charge in [-0.15, -0.1) is 0 Å². The summed E-state index contributed by atoms with van der Waals surface area (Å²) >= 11 is 4.25. The fourth-order valence-electron chi connectivity index (χ4n) is 0.678. The Bertz CT molecular complexity index is 53.5. The van der Waals surface area contributed by atoms with Gasteiger partial charge in [0, 0.05) is 0 Å². The molecule has 1 aliphatic carbocycles. The van der Waals surface area contributed by atoms with E-state index >= 15 is 0 Å². The van der Waals surface area contributed by atoms with E-state index in [4.69, 9.17) is 0 Å². The molecule has 1 aliphatic rings. The van der Waals surface area contributed by atoms with Crippen molar-refractivity contribution in [1.82, 2.24) is 0 Å². The number of allylic oxidation sites excluding steroid dienone is 2. The maximum atomic E-state index is 3.16. The fourth-order valence-corrected chi connectivity index (χ4v) is 0.678. The van der Waals surface area contributed by atoms with Crippen LogP contribution in [0.2, 0.25) is 0 Å². The van der Waals surface area contributed by atoms with E-state index in [1.54, 1.807) is 0 Å². The normalized spacial score (nSPS) is 16.9. The maximum absolute atomic E-state index is 3.16. The third-order valence-electron chi connectivity index (χ3n) is 1.06. The van der Waals surface area contributed by atoms with Gasteiger partial charge in [0.2, 0.25) is 0 Å². The number of rotatable bonds is 0. The Hall–Kier alpha value is 0.843. The first-order valence-corrected chi connectivity index (χ1v) is 9.77. The molecule has 0 N–H and O–H groups in total. The van der Waals surface area contributed by atoms with Crippen molar-refractivity contribution in [3.63, 3.8) is 0 Å². The monoisotopic (exact) mass is 224 g/mol. The molecule has 0 bridgehead atoms. The van der Waals surface area contributed by atoms with E-state index in [0.29, 0.717) is 0 Å². The molecule has 0 spiro atoms. The van der Waals surface area contributed by atoms with E-state index in [2.05, 4.69) is 25.8 Å². The van der Waals surface area contributed by atoms with Gasteiger partial charge in [0.15, 0.2) is 0 Å². The molecule has 0 atom stereocenters. The fraction of sp³-hybridized carbons (Fsp3) is 0.667. The SMILES string of the molecule is [C-]1=CCCCC1.[Zn+][Br]. The molecule has 0 heterocycles. The van der Waals surface area contributed by atoms with E-state index in [1.807, 2.05) is 0 Å². The molecule has 0 fully saturated rings. The van der Waals surface area contributed by atoms with Gasteiger partial charge in [-0.05, 0) is 0 Å². The van der Waals surface area contributed by atoms with Crippen LogP contribution < -0.4 is 0 Å². The predicted molar refractivity (Wildman–Crippen MR) is 35.2 cm³/mol. The van der Waals surface area contributed by atoms with Gasteiger partial charge >= 0.3 is 30.0 Å². The molecule has 0 aromatic heterocycles. The second-order valence-corrected chi connectivity index (χ2v) is 1.65. The topological polar surface area (TPSA) is 0 Å². The van der Waals surface area contributed by atoms with Crippen LogP contribution in [0.1, 0.15) is 25.7 Å². The molecule has 0 aromatic carbocycles. The number of hydrogen-bond acceptors (Lipinski definition) is 0. The van der Waals surface area contributed by atoms with Crippen LogP contribution in [0.3, 0.4) is 0 Å². The average molecular weight is 226 g/mol. The molecule has 0 aromatic rings. The molecule has 0 saturated heterocycles. The first-order chi connectivity index (χ1) is 4.00. The summed E-state index contributed by atoms with van der Waals surface area (Å²) in [6, 6.07) is 0. The molecule has 1 rings (SSSR count). The van der Waals surface area contributed by atoms with Crippen LogP contribution in [0, 0.1) is 6.08 Å². The summed E-state index contributed by atoms with van der Waals surface area (Å²) in [4.78, 5) is 0. The second kappa shape index (κ2) is 7.84. The summed E-state index contributed by atoms with van der Waals surface area (Å²) in [5, 5.41) is 0. The summed E-state index contributed by atoms with van der Waals surface area (Å²) in [7, 11) is 0. The Kier molecular flexibility index (Phi) is 8.67. The van der Waals surface area contributed by atoms with Crippen LogP contribution in [0.25, 0.3) is 0 Å². The van der Waals surface area contributed by atoms with E-state index in [-0.39, 0.29) is 0 Å². The molecule has 8 heavy (non-hydrogen) atoms. The minimum atomic E-state index is 1.19. The molecular formula is C6H9BrZn. The van der Waals surface area contributed by atoms with E-state index in [1.165, 1.54) is 42.0 Å². The van der Waals surface area contributed by atoms with Crippen LogP contribution in [0.4, 0.5) is 0 Å². The first kappa shape index (κ1) is 8.84. The zero-order chi connectivity index (χ0) is 6.24. The van der Waals surface area contributed by atoms with Gasteiger partial charge in [-0.1, -0.05) is 19.3 Å². The van der Waals surface area contributed by atoms with E-state index in [0.717, 1.165) is 0 Å². The number of hydrogen-bond donors (Lipinski definition) is 0. The van der Waals surface area contributed by atoms with Gasteiger partial charge in [-0.2, -0.15) is 6.42 Å². The first-order valence-electron chi connectivity index (χ1n) is 2.82. The van der Waals surface area contributed by atoms with Crippen molar-refractivity contribution >= 4 is 13.6 Å². The van der Waals surface area contributed by atoms with Crippen molar-refractivity contribution in [2.24, 2.45) is 0 Å². The van der Waals surface area contributed by atoms with Crippen LogP contribution in [-0.4, -0.2) is 0 Å². The van der Waals surface area contributed by atoms with Crippen molar-refractivity contribution < 1.29 is 16.3 Å². The molecule has 0 radical (unpaired) electrons. The van der Waals surface area contributed by atoms with Gasteiger partial charge in [0.05, 0.1) is 0 Å². The van der Waals surface area contributed by atoms with Gasteiger partial charge in [-0.3, -0.25) is 6.08 Å². The van der Waals surface area contributed by atoms with Crippen molar-refractivity contribution in [3.05, 3.63) is 12.2 Å². The third-order valence-corrected chi connectivity index (χ3v) is 1.06. The molecule has 0 unspecified atom stereocenters. The Morgan fingerprint density at radius 3 is 2.25 bits per heavy atom. The standard InChI is InChI=1S/C6H9.BrH.Zn/c1-2-4-6-5-3-1;;/h1H,2,4-6H2;1H;/q-1;;+2/p-1. The van der Waals surface area contributed by atoms with Gasteiger partial charge < -0.3 is 6.08 Å². The van der Waals surface area contributed by atoms with Gasteiger partial charge in [-0.25, -0.2) is 0 Å². The summed E-state index contributed by atoms with van der Waals surface area (Å²) in [5.41, 5.74) is 0. The Morgan fingerprint density at radius 2 is 2.12 bits per heavy atom. The summed E-state index contributed by atoms with van der Waals surface area (Å²) in [6.07, 6.45) is 10.5. The van der Waals surface area contributed by atoms with Crippen molar-refractivity contribution in [1.29, 1.82) is 0 Å². The number of halogens is 1. The molecule has 2 heteroatoms. The zero-order valence-electron chi connectivity index (χ0n) is 4.99. The van der Waals surface area contributed by atoms with Crippen molar-refractivity contribution in [3.8, 4) is 0 Å². The Morgan fingerprint density at radius 1 is 1.38 bits per heavy atom. The minimum absolute atomic E-state index is 1.19. The summed E-state index contributed by atoms with van der Waals surface area (Å²) in [5.74, 6) is 0. The second-order valence-electron chi connectivity index (χ2n) is 1.65. The molecular weight excluding hydrogens is 217 g/mol. The quantitative estimate of drug-likeness (QED) is 0.440. The van der Waals surface area contributed by atoms with E-state index < -0.39 is 0 Å². The molecule has 0 aliphatic heterocycles. The summed E-state index contributed by atoms with van der Waals surface area (Å²) < 4.78 is 0. The molecule has 0 nitrogen and oxygen atoms in total. The van der Waals surface area contributed by atoms with Crippen molar-refractivity contribution in [2.75, 3.05) is 0 Å². The van der Waals surface area contributed by atoms with Gasteiger partial charge in [0.1, 0.15) is 0 Å². The Balaban J connectivity index is 0.000000222. The van der Waals surface area contributed by atoms with Crippen LogP contribution in [0.15, 0.2) is 6.08 Å². The van der Waals surface area contributed by atoms with Crippen molar-refractivity contribution in [2.45, 2.75) is 25.7 Å². The third kappa shape index (κ3) is 4.99. The van der Waals surface area contributed by atoms with E-state index in [9.17, 15) is 0 Å². The Labute approximate surface area is 67.8 Å². The molecule has 0 saturated carbocycles. The zero-order valence-corrected chi connectivity index (χ0v) is 9.54.